The molecule has 0 saturated heterocycles. The van der Waals surface area contributed by atoms with E-state index in [9.17, 15) is 0 Å². The smallest absolute Gasteiger partial charge is 0.111 e. The van der Waals surface area contributed by atoms with Crippen molar-refractivity contribution in [1.82, 2.24) is 9.78 Å². The normalized spacial score (nSPS) is 11.9. The first-order valence-electron chi connectivity index (χ1n) is 5.06. The average molecular weight is 191 g/mol. The molecule has 0 radical (unpaired) electrons. The molecule has 0 aliphatic heterocycles. The minimum Gasteiger partial charge on any atom is -0.318 e. The van der Waals surface area contributed by atoms with Crippen LogP contribution in [0.3, 0.4) is 0 Å². The topological polar surface area (TPSA) is 43.8 Å². The molecule has 0 aliphatic carbocycles. The molecule has 0 amide bonds. The third kappa shape index (κ3) is 2.90. The van der Waals surface area contributed by atoms with E-state index in [1.807, 2.05) is 17.7 Å². The largest absolute Gasteiger partial charge is 0.318 e. The minimum absolute atomic E-state index is 0.0137. The van der Waals surface area contributed by atoms with Crippen molar-refractivity contribution < 1.29 is 0 Å². The Balaban J connectivity index is 2.66. The summed E-state index contributed by atoms with van der Waals surface area (Å²) in [4.78, 5) is 0. The lowest BCUT2D eigenvalue weighted by molar-refractivity contribution is 0.652. The Bertz CT molecular complexity index is 330. The lowest BCUT2D eigenvalue weighted by atomic mass is 10.2. The highest BCUT2D eigenvalue weighted by Crippen LogP contribution is 1.97. The van der Waals surface area contributed by atoms with Gasteiger partial charge in [-0.2, -0.15) is 5.10 Å². The number of hydrogen-bond donors (Lipinski definition) is 1. The van der Waals surface area contributed by atoms with Crippen molar-refractivity contribution in [3.63, 3.8) is 0 Å². The highest BCUT2D eigenvalue weighted by molar-refractivity contribution is 5.28. The Morgan fingerprint density at radius 2 is 2.36 bits per heavy atom. The van der Waals surface area contributed by atoms with Crippen LogP contribution in [-0.2, 0) is 6.54 Å². The zero-order valence-electron chi connectivity index (χ0n) is 8.83. The van der Waals surface area contributed by atoms with Crippen LogP contribution in [0, 0.1) is 11.8 Å². The number of rotatable bonds is 3. The van der Waals surface area contributed by atoms with Gasteiger partial charge in [0.25, 0.3) is 0 Å². The minimum atomic E-state index is -0.0137. The van der Waals surface area contributed by atoms with Crippen molar-refractivity contribution in [2.45, 2.75) is 39.3 Å². The van der Waals surface area contributed by atoms with Crippen LogP contribution in [0.25, 0.3) is 0 Å². The molecule has 1 heterocycles. The van der Waals surface area contributed by atoms with E-state index in [0.717, 1.165) is 25.1 Å². The Kier molecular flexibility index (Phi) is 4.21. The Morgan fingerprint density at radius 3 is 3.00 bits per heavy atom. The van der Waals surface area contributed by atoms with E-state index in [2.05, 4.69) is 23.9 Å². The fourth-order valence-electron chi connectivity index (χ4n) is 1.24. The van der Waals surface area contributed by atoms with Crippen molar-refractivity contribution in [2.24, 2.45) is 5.73 Å². The van der Waals surface area contributed by atoms with Gasteiger partial charge in [0, 0.05) is 6.54 Å². The van der Waals surface area contributed by atoms with Crippen LogP contribution in [-0.4, -0.2) is 15.8 Å². The predicted molar refractivity (Wildman–Crippen MR) is 57.7 cm³/mol. The van der Waals surface area contributed by atoms with Crippen LogP contribution >= 0.6 is 0 Å². The molecule has 14 heavy (non-hydrogen) atoms. The maximum absolute atomic E-state index is 5.79. The van der Waals surface area contributed by atoms with Crippen molar-refractivity contribution in [3.8, 4) is 11.8 Å². The number of aryl methyl sites for hydroxylation is 1. The van der Waals surface area contributed by atoms with Gasteiger partial charge in [-0.15, -0.1) is 0 Å². The highest BCUT2D eigenvalue weighted by Gasteiger charge is 1.97. The van der Waals surface area contributed by atoms with Crippen LogP contribution in [0.4, 0.5) is 0 Å². The van der Waals surface area contributed by atoms with E-state index in [4.69, 9.17) is 5.73 Å². The summed E-state index contributed by atoms with van der Waals surface area (Å²) in [6, 6.07) is 1.90. The second kappa shape index (κ2) is 5.46. The van der Waals surface area contributed by atoms with Gasteiger partial charge in [0.05, 0.1) is 12.2 Å². The van der Waals surface area contributed by atoms with E-state index in [0.29, 0.717) is 0 Å². The van der Waals surface area contributed by atoms with Crippen LogP contribution in [0.5, 0.6) is 0 Å². The quantitative estimate of drug-likeness (QED) is 0.733. The fourth-order valence-corrected chi connectivity index (χ4v) is 1.24. The van der Waals surface area contributed by atoms with E-state index >= 15 is 0 Å². The Morgan fingerprint density at radius 1 is 1.57 bits per heavy atom. The fraction of sp³-hybridized carbons (Fsp3) is 0.545. The van der Waals surface area contributed by atoms with Crippen LogP contribution in [0.15, 0.2) is 12.3 Å². The maximum atomic E-state index is 5.79. The molecular formula is C11H17N3. The molecular weight excluding hydrogens is 174 g/mol. The molecule has 0 fully saturated rings. The Hall–Kier alpha value is -1.27. The van der Waals surface area contributed by atoms with Crippen LogP contribution in [0.1, 0.15) is 32.4 Å². The van der Waals surface area contributed by atoms with E-state index in [1.165, 1.54) is 0 Å². The third-order valence-electron chi connectivity index (χ3n) is 2.00. The molecule has 1 aromatic heterocycles. The number of nitrogens with two attached hydrogens (primary N) is 1. The summed E-state index contributed by atoms with van der Waals surface area (Å²) in [5.41, 5.74) is 6.73. The van der Waals surface area contributed by atoms with Crippen molar-refractivity contribution in [1.29, 1.82) is 0 Å². The first kappa shape index (κ1) is 10.8. The summed E-state index contributed by atoms with van der Waals surface area (Å²) >= 11 is 0. The summed E-state index contributed by atoms with van der Waals surface area (Å²) in [6.45, 7) is 5.00. The first-order chi connectivity index (χ1) is 6.77. The molecule has 0 bridgehead atoms. The van der Waals surface area contributed by atoms with E-state index in [1.54, 1.807) is 6.20 Å². The molecule has 0 aromatic carbocycles. The molecule has 0 aliphatic rings. The van der Waals surface area contributed by atoms with Gasteiger partial charge in [0.15, 0.2) is 0 Å². The molecule has 1 rings (SSSR count). The zero-order chi connectivity index (χ0) is 10.4. The van der Waals surface area contributed by atoms with Crippen molar-refractivity contribution in [2.75, 3.05) is 0 Å². The molecule has 0 spiro atoms. The lowest BCUT2D eigenvalue weighted by Crippen LogP contribution is -2.16. The zero-order valence-corrected chi connectivity index (χ0v) is 8.83. The maximum Gasteiger partial charge on any atom is 0.111 e. The number of hydrogen-bond acceptors (Lipinski definition) is 2. The molecule has 3 nitrogen and oxygen atoms in total. The lowest BCUT2D eigenvalue weighted by Gasteiger charge is -2.00. The molecule has 1 atom stereocenters. The molecule has 3 heteroatoms. The monoisotopic (exact) mass is 191 g/mol. The summed E-state index contributed by atoms with van der Waals surface area (Å²) in [5.74, 6) is 6.08. The second-order valence-corrected chi connectivity index (χ2v) is 3.20. The number of nitrogens with zero attached hydrogens (tertiary/aromatic N) is 2. The van der Waals surface area contributed by atoms with E-state index < -0.39 is 0 Å². The van der Waals surface area contributed by atoms with Gasteiger partial charge in [-0.3, -0.25) is 4.68 Å². The molecule has 2 N–H and O–H groups in total. The molecule has 1 unspecified atom stereocenters. The van der Waals surface area contributed by atoms with E-state index in [-0.39, 0.29) is 6.04 Å². The number of aromatic nitrogens is 2. The average Bonchev–Trinajstić information content (AvgIpc) is 2.62. The van der Waals surface area contributed by atoms with Gasteiger partial charge in [-0.05, 0) is 25.3 Å². The summed E-state index contributed by atoms with van der Waals surface area (Å²) in [7, 11) is 0. The highest BCUT2D eigenvalue weighted by atomic mass is 15.3. The van der Waals surface area contributed by atoms with Gasteiger partial charge < -0.3 is 5.73 Å². The first-order valence-corrected chi connectivity index (χ1v) is 5.06. The summed E-state index contributed by atoms with van der Waals surface area (Å²) in [5, 5.41) is 4.13. The van der Waals surface area contributed by atoms with Gasteiger partial charge in [-0.1, -0.05) is 19.3 Å². The molecule has 1 aromatic rings. The predicted octanol–water partition coefficient (Wildman–Crippen LogP) is 1.38. The third-order valence-corrected chi connectivity index (χ3v) is 2.00. The molecule has 76 valence electrons. The van der Waals surface area contributed by atoms with Gasteiger partial charge >= 0.3 is 0 Å². The van der Waals surface area contributed by atoms with Crippen molar-refractivity contribution >= 4 is 0 Å². The standard InChI is InChI=1S/C11H17N3/c1-3-5-10(12)6-7-11-8-9-13-14(11)4-2/h8-10H,3-5,12H2,1-2H3. The molecule has 0 saturated carbocycles. The SMILES string of the molecule is CCCC(N)C#Cc1ccnn1CC. The van der Waals surface area contributed by atoms with Crippen LogP contribution < -0.4 is 5.73 Å². The van der Waals surface area contributed by atoms with Gasteiger partial charge in [0.2, 0.25) is 0 Å². The summed E-state index contributed by atoms with van der Waals surface area (Å²) < 4.78 is 1.87. The second-order valence-electron chi connectivity index (χ2n) is 3.20. The Labute approximate surface area is 85.3 Å². The van der Waals surface area contributed by atoms with Gasteiger partial charge in [0.1, 0.15) is 5.69 Å². The van der Waals surface area contributed by atoms with Crippen molar-refractivity contribution in [3.05, 3.63) is 18.0 Å². The van der Waals surface area contributed by atoms with Gasteiger partial charge in [-0.25, -0.2) is 0 Å². The van der Waals surface area contributed by atoms with Crippen LogP contribution in [0.2, 0.25) is 0 Å². The summed E-state index contributed by atoms with van der Waals surface area (Å²) in [6.07, 6.45) is 3.79.